The van der Waals surface area contributed by atoms with Gasteiger partial charge in [-0.15, -0.1) is 0 Å². The Morgan fingerprint density at radius 2 is 2.12 bits per heavy atom. The van der Waals surface area contributed by atoms with Crippen LogP contribution in [0.15, 0.2) is 28.9 Å². The molecule has 128 valence electrons. The number of amides is 2. The van der Waals surface area contributed by atoms with E-state index in [1.807, 2.05) is 36.9 Å². The number of nitrogens with zero attached hydrogens (tertiary/aromatic N) is 2. The third-order valence-electron chi connectivity index (χ3n) is 4.65. The maximum atomic E-state index is 12.6. The number of aryl methyl sites for hydroxylation is 2. The lowest BCUT2D eigenvalue weighted by atomic mass is 10.1. The van der Waals surface area contributed by atoms with Crippen LogP contribution in [0.3, 0.4) is 0 Å². The minimum absolute atomic E-state index is 0.0252. The van der Waals surface area contributed by atoms with E-state index in [4.69, 9.17) is 4.42 Å². The van der Waals surface area contributed by atoms with Gasteiger partial charge in [0.05, 0.1) is 5.69 Å². The summed E-state index contributed by atoms with van der Waals surface area (Å²) in [5.74, 6) is 0.587. The van der Waals surface area contributed by atoms with Gasteiger partial charge in [-0.2, -0.15) is 0 Å². The van der Waals surface area contributed by atoms with Crippen molar-refractivity contribution in [2.45, 2.75) is 52.5 Å². The Bertz CT molecular complexity index is 723. The summed E-state index contributed by atoms with van der Waals surface area (Å²) in [6.45, 7) is 6.86. The highest BCUT2D eigenvalue weighted by atomic mass is 16.3. The van der Waals surface area contributed by atoms with Gasteiger partial charge in [-0.05, 0) is 51.3 Å². The molecule has 2 amide bonds. The Hall–Kier alpha value is -2.30. The minimum atomic E-state index is -0.0252. The first kappa shape index (κ1) is 16.6. The number of hydrogen-bond donors (Lipinski definition) is 1. The third kappa shape index (κ3) is 3.61. The second kappa shape index (κ2) is 7.07. The zero-order valence-electron chi connectivity index (χ0n) is 14.6. The normalized spacial score (nSPS) is 18.3. The molecule has 1 saturated heterocycles. The molecule has 0 spiro atoms. The molecule has 3 rings (SSSR count). The van der Waals surface area contributed by atoms with Crippen molar-refractivity contribution in [2.24, 2.45) is 0 Å². The monoisotopic (exact) mass is 327 g/mol. The Labute approximate surface area is 143 Å². The Balaban J connectivity index is 1.78. The number of benzene rings is 1. The average molecular weight is 327 g/mol. The van der Waals surface area contributed by atoms with Crippen molar-refractivity contribution in [1.82, 2.24) is 9.88 Å². The van der Waals surface area contributed by atoms with Crippen LogP contribution < -0.4 is 5.32 Å². The van der Waals surface area contributed by atoms with Crippen molar-refractivity contribution in [3.8, 4) is 11.5 Å². The molecule has 0 radical (unpaired) electrons. The van der Waals surface area contributed by atoms with Crippen molar-refractivity contribution < 1.29 is 9.21 Å². The van der Waals surface area contributed by atoms with Crippen molar-refractivity contribution in [2.75, 3.05) is 11.9 Å². The fourth-order valence-electron chi connectivity index (χ4n) is 3.18. The van der Waals surface area contributed by atoms with E-state index in [1.165, 1.54) is 12.8 Å². The summed E-state index contributed by atoms with van der Waals surface area (Å²) >= 11 is 0. The van der Waals surface area contributed by atoms with Crippen LogP contribution >= 0.6 is 0 Å². The largest absolute Gasteiger partial charge is 0.444 e. The van der Waals surface area contributed by atoms with Gasteiger partial charge in [0.1, 0.15) is 6.26 Å². The SMILES string of the molecule is Cc1coc(-c2cc(NC(=O)N3CCCCCC3C)ccc2C)n1. The highest BCUT2D eigenvalue weighted by Crippen LogP contribution is 2.26. The van der Waals surface area contributed by atoms with E-state index in [0.717, 1.165) is 41.9 Å². The molecule has 5 nitrogen and oxygen atoms in total. The predicted molar refractivity (Wildman–Crippen MR) is 95.1 cm³/mol. The van der Waals surface area contributed by atoms with Gasteiger partial charge in [-0.25, -0.2) is 9.78 Å². The summed E-state index contributed by atoms with van der Waals surface area (Å²) in [6, 6.07) is 6.10. The first-order valence-electron chi connectivity index (χ1n) is 8.65. The Kier molecular flexibility index (Phi) is 4.88. The lowest BCUT2D eigenvalue weighted by molar-refractivity contribution is 0.194. The van der Waals surface area contributed by atoms with Crippen molar-refractivity contribution >= 4 is 11.7 Å². The van der Waals surface area contributed by atoms with Crippen LogP contribution in [-0.2, 0) is 0 Å². The quantitative estimate of drug-likeness (QED) is 0.865. The highest BCUT2D eigenvalue weighted by Gasteiger charge is 2.22. The van der Waals surface area contributed by atoms with Gasteiger partial charge < -0.3 is 14.6 Å². The molecule has 24 heavy (non-hydrogen) atoms. The number of rotatable bonds is 2. The lowest BCUT2D eigenvalue weighted by Crippen LogP contribution is -2.41. The molecular weight excluding hydrogens is 302 g/mol. The third-order valence-corrected chi connectivity index (χ3v) is 4.65. The molecule has 2 heterocycles. The van der Waals surface area contributed by atoms with Crippen LogP contribution in [0.1, 0.15) is 43.9 Å². The number of hydrogen-bond acceptors (Lipinski definition) is 3. The maximum absolute atomic E-state index is 12.6. The molecule has 0 saturated carbocycles. The molecule has 5 heteroatoms. The topological polar surface area (TPSA) is 58.4 Å². The number of likely N-dealkylation sites (tertiary alicyclic amines) is 1. The van der Waals surface area contributed by atoms with Gasteiger partial charge in [0.15, 0.2) is 0 Å². The van der Waals surface area contributed by atoms with Gasteiger partial charge in [-0.3, -0.25) is 0 Å². The molecule has 1 fully saturated rings. The van der Waals surface area contributed by atoms with E-state index in [2.05, 4.69) is 17.2 Å². The van der Waals surface area contributed by atoms with Crippen LogP contribution in [-0.4, -0.2) is 28.5 Å². The van der Waals surface area contributed by atoms with Gasteiger partial charge in [0.25, 0.3) is 0 Å². The number of urea groups is 1. The van der Waals surface area contributed by atoms with Gasteiger partial charge in [0.2, 0.25) is 5.89 Å². The first-order valence-corrected chi connectivity index (χ1v) is 8.65. The molecule has 1 aliphatic rings. The number of nitrogens with one attached hydrogen (secondary N) is 1. The van der Waals surface area contributed by atoms with Crippen LogP contribution in [0.2, 0.25) is 0 Å². The van der Waals surface area contributed by atoms with Crippen LogP contribution in [0.5, 0.6) is 0 Å². The number of oxazole rings is 1. The van der Waals surface area contributed by atoms with Crippen LogP contribution in [0.25, 0.3) is 11.5 Å². The number of anilines is 1. The molecular formula is C19H25N3O2. The molecule has 1 atom stereocenters. The summed E-state index contributed by atoms with van der Waals surface area (Å²) in [4.78, 5) is 19.0. The van der Waals surface area contributed by atoms with Gasteiger partial charge >= 0.3 is 6.03 Å². The number of aromatic nitrogens is 1. The smallest absolute Gasteiger partial charge is 0.322 e. The summed E-state index contributed by atoms with van der Waals surface area (Å²) < 4.78 is 5.51. The average Bonchev–Trinajstić information content (AvgIpc) is 2.86. The van der Waals surface area contributed by atoms with E-state index in [1.54, 1.807) is 6.26 Å². The lowest BCUT2D eigenvalue weighted by Gasteiger charge is -2.27. The van der Waals surface area contributed by atoms with E-state index in [9.17, 15) is 4.79 Å². The van der Waals surface area contributed by atoms with Crippen molar-refractivity contribution in [3.63, 3.8) is 0 Å². The minimum Gasteiger partial charge on any atom is -0.444 e. The molecule has 0 bridgehead atoms. The molecule has 1 N–H and O–H groups in total. The summed E-state index contributed by atoms with van der Waals surface area (Å²) in [7, 11) is 0. The van der Waals surface area contributed by atoms with E-state index in [-0.39, 0.29) is 12.1 Å². The van der Waals surface area contributed by atoms with Gasteiger partial charge in [-0.1, -0.05) is 18.9 Å². The molecule has 1 aromatic heterocycles. The molecule has 0 aliphatic carbocycles. The van der Waals surface area contributed by atoms with Crippen molar-refractivity contribution in [1.29, 1.82) is 0 Å². The number of carbonyl (C=O) groups excluding carboxylic acids is 1. The first-order chi connectivity index (χ1) is 11.5. The highest BCUT2D eigenvalue weighted by molar-refractivity contribution is 5.90. The molecule has 1 aromatic carbocycles. The van der Waals surface area contributed by atoms with E-state index < -0.39 is 0 Å². The Morgan fingerprint density at radius 3 is 2.88 bits per heavy atom. The summed E-state index contributed by atoms with van der Waals surface area (Å²) in [6.07, 6.45) is 6.18. The van der Waals surface area contributed by atoms with Gasteiger partial charge in [0, 0.05) is 23.8 Å². The fraction of sp³-hybridized carbons (Fsp3) is 0.474. The predicted octanol–water partition coefficient (Wildman–Crippen LogP) is 4.75. The van der Waals surface area contributed by atoms with Crippen LogP contribution in [0, 0.1) is 13.8 Å². The molecule has 1 aliphatic heterocycles. The van der Waals surface area contributed by atoms with Crippen LogP contribution in [0.4, 0.5) is 10.5 Å². The molecule has 2 aromatic rings. The second-order valence-electron chi connectivity index (χ2n) is 6.65. The van der Waals surface area contributed by atoms with Crippen molar-refractivity contribution in [3.05, 3.63) is 35.7 Å². The summed E-state index contributed by atoms with van der Waals surface area (Å²) in [5.41, 5.74) is 3.59. The maximum Gasteiger partial charge on any atom is 0.322 e. The van der Waals surface area contributed by atoms with E-state index in [0.29, 0.717) is 5.89 Å². The molecule has 1 unspecified atom stereocenters. The fourth-order valence-corrected chi connectivity index (χ4v) is 3.18. The second-order valence-corrected chi connectivity index (χ2v) is 6.65. The zero-order chi connectivity index (χ0) is 17.1. The standard InChI is InChI=1S/C19H25N3O2/c1-13-8-9-16(11-17(13)18-20-14(2)12-24-18)21-19(23)22-10-6-4-5-7-15(22)3/h8-9,11-12,15H,4-7,10H2,1-3H3,(H,21,23). The zero-order valence-corrected chi connectivity index (χ0v) is 14.6. The number of carbonyl (C=O) groups is 1. The Morgan fingerprint density at radius 1 is 1.29 bits per heavy atom. The van der Waals surface area contributed by atoms with E-state index >= 15 is 0 Å². The summed E-state index contributed by atoms with van der Waals surface area (Å²) in [5, 5.41) is 3.03.